The first-order chi connectivity index (χ1) is 21.2. The van der Waals surface area contributed by atoms with Gasteiger partial charge in [-0.15, -0.1) is 17.0 Å². The van der Waals surface area contributed by atoms with Crippen molar-refractivity contribution in [3.63, 3.8) is 0 Å². The largest absolute Gasteiger partial charge is 0.487 e. The number of carbonyl (C=O) groups is 1. The smallest absolute Gasteiger partial charge is 0.249 e. The molecule has 4 aromatic rings. The summed E-state index contributed by atoms with van der Waals surface area (Å²) in [5.74, 6) is 1.55. The molecule has 0 atom stereocenters. The molecule has 2 heterocycles. The van der Waals surface area contributed by atoms with Gasteiger partial charge in [0.05, 0.1) is 11.2 Å². The lowest BCUT2D eigenvalue weighted by molar-refractivity contribution is -0.128. The molecular formula is C35H35BrCl3N3O3. The van der Waals surface area contributed by atoms with Gasteiger partial charge in [-0.3, -0.25) is 9.69 Å². The van der Waals surface area contributed by atoms with Crippen LogP contribution in [0.25, 0.3) is 5.57 Å². The fourth-order valence-corrected chi connectivity index (χ4v) is 5.66. The summed E-state index contributed by atoms with van der Waals surface area (Å²) < 4.78 is 11.9. The van der Waals surface area contributed by atoms with Crippen LogP contribution in [0.3, 0.4) is 0 Å². The van der Waals surface area contributed by atoms with Gasteiger partial charge in [-0.1, -0.05) is 65.1 Å². The van der Waals surface area contributed by atoms with E-state index in [2.05, 4.69) is 9.88 Å². The molecule has 0 radical (unpaired) electrons. The van der Waals surface area contributed by atoms with Crippen molar-refractivity contribution in [3.8, 4) is 17.4 Å². The lowest BCUT2D eigenvalue weighted by Gasteiger charge is -2.35. The van der Waals surface area contributed by atoms with Crippen LogP contribution in [0, 0.1) is 6.92 Å². The molecule has 1 aromatic heterocycles. The van der Waals surface area contributed by atoms with Gasteiger partial charge < -0.3 is 14.4 Å². The summed E-state index contributed by atoms with van der Waals surface area (Å²) in [6.07, 6.45) is 1.60. The van der Waals surface area contributed by atoms with Gasteiger partial charge in [0.1, 0.15) is 12.4 Å². The number of hydrogen-bond acceptors (Lipinski definition) is 5. The first-order valence-electron chi connectivity index (χ1n) is 14.4. The molecule has 1 saturated heterocycles. The zero-order valence-corrected chi connectivity index (χ0v) is 29.3. The van der Waals surface area contributed by atoms with Crippen molar-refractivity contribution in [2.45, 2.75) is 33.9 Å². The van der Waals surface area contributed by atoms with Crippen LogP contribution in [-0.4, -0.2) is 46.9 Å². The molecule has 0 saturated carbocycles. The molecule has 1 aliphatic heterocycles. The zero-order chi connectivity index (χ0) is 31.2. The van der Waals surface area contributed by atoms with E-state index in [1.165, 1.54) is 5.56 Å². The highest BCUT2D eigenvalue weighted by Crippen LogP contribution is 2.36. The highest BCUT2D eigenvalue weighted by molar-refractivity contribution is 8.93. The average molecular weight is 732 g/mol. The Morgan fingerprint density at radius 1 is 0.889 bits per heavy atom. The van der Waals surface area contributed by atoms with Crippen LogP contribution in [0.4, 0.5) is 0 Å². The highest BCUT2D eigenvalue weighted by atomic mass is 79.9. The molecule has 0 bridgehead atoms. The third-order valence-corrected chi connectivity index (χ3v) is 8.69. The number of rotatable bonds is 9. The maximum atomic E-state index is 13.4. The predicted octanol–water partition coefficient (Wildman–Crippen LogP) is 9.44. The SMILES string of the molecule is Br.C/C(C(=O)N1CCN(Cc2ccc(Cl)cc2)CC1)=C(/C)c1cc(C)c(Oc2ccc(OCc3ccccc3Cl)cn2)c(Cl)c1. The van der Waals surface area contributed by atoms with Gasteiger partial charge >= 0.3 is 0 Å². The average Bonchev–Trinajstić information content (AvgIpc) is 3.03. The van der Waals surface area contributed by atoms with Crippen LogP contribution >= 0.6 is 51.8 Å². The quantitative estimate of drug-likeness (QED) is 0.161. The lowest BCUT2D eigenvalue weighted by Crippen LogP contribution is -2.48. The maximum Gasteiger partial charge on any atom is 0.249 e. The molecule has 0 spiro atoms. The Labute approximate surface area is 290 Å². The summed E-state index contributed by atoms with van der Waals surface area (Å²) in [6.45, 7) is 9.94. The van der Waals surface area contributed by atoms with Crippen LogP contribution < -0.4 is 9.47 Å². The molecule has 236 valence electrons. The van der Waals surface area contributed by atoms with Gasteiger partial charge in [-0.25, -0.2) is 4.98 Å². The van der Waals surface area contributed by atoms with Gasteiger partial charge in [0.15, 0.2) is 5.75 Å². The topological polar surface area (TPSA) is 54.9 Å². The summed E-state index contributed by atoms with van der Waals surface area (Å²) in [5, 5.41) is 1.83. The van der Waals surface area contributed by atoms with Crippen molar-refractivity contribution < 1.29 is 14.3 Å². The van der Waals surface area contributed by atoms with E-state index in [1.54, 1.807) is 18.3 Å². The zero-order valence-electron chi connectivity index (χ0n) is 25.4. The minimum Gasteiger partial charge on any atom is -0.487 e. The molecule has 0 aliphatic carbocycles. The number of hydrogen-bond donors (Lipinski definition) is 0. The van der Waals surface area contributed by atoms with Crippen LogP contribution in [0.2, 0.25) is 15.1 Å². The standard InChI is InChI=1S/C35H34Cl3N3O3.BrH/c1-23-18-28(24(2)25(3)35(42)41-16-14-40(15-17-41)21-26-8-10-29(36)11-9-26)19-32(38)34(23)44-33-13-12-30(20-39-33)43-22-27-6-4-5-7-31(27)37;/h4-13,18-20H,14-17,21-22H2,1-3H3;1H/b25-24+;. The van der Waals surface area contributed by atoms with Crippen molar-refractivity contribution in [2.75, 3.05) is 26.2 Å². The number of pyridine rings is 1. The number of ether oxygens (including phenoxy) is 2. The first-order valence-corrected chi connectivity index (χ1v) is 15.6. The lowest BCUT2D eigenvalue weighted by atomic mass is 9.99. The van der Waals surface area contributed by atoms with Gasteiger partial charge in [0, 0.05) is 60.0 Å². The van der Waals surface area contributed by atoms with Crippen molar-refractivity contribution >= 4 is 63.3 Å². The fraction of sp³-hybridized carbons (Fsp3) is 0.257. The molecule has 45 heavy (non-hydrogen) atoms. The van der Waals surface area contributed by atoms with Crippen molar-refractivity contribution in [1.29, 1.82) is 0 Å². The molecule has 5 rings (SSSR count). The first kappa shape index (κ1) is 34.8. The molecule has 1 fully saturated rings. The van der Waals surface area contributed by atoms with Gasteiger partial charge in [-0.2, -0.15) is 0 Å². The number of piperazine rings is 1. The monoisotopic (exact) mass is 729 g/mol. The molecular weight excluding hydrogens is 697 g/mol. The molecule has 0 unspecified atom stereocenters. The van der Waals surface area contributed by atoms with Gasteiger partial charge in [-0.05, 0) is 79.4 Å². The van der Waals surface area contributed by atoms with Crippen LogP contribution in [0.15, 0.2) is 84.6 Å². The van der Waals surface area contributed by atoms with Gasteiger partial charge in [0.25, 0.3) is 0 Å². The second-order valence-corrected chi connectivity index (χ2v) is 12.1. The van der Waals surface area contributed by atoms with Crippen LogP contribution in [0.1, 0.15) is 36.1 Å². The molecule has 3 aromatic carbocycles. The highest BCUT2D eigenvalue weighted by Gasteiger charge is 2.23. The Hall–Kier alpha value is -3.07. The number of allylic oxidation sites excluding steroid dienone is 1. The number of halogens is 4. The summed E-state index contributed by atoms with van der Waals surface area (Å²) in [4.78, 5) is 22.1. The van der Waals surface area contributed by atoms with E-state index >= 15 is 0 Å². The van der Waals surface area contributed by atoms with E-state index in [1.807, 2.05) is 86.3 Å². The molecule has 1 aliphatic rings. The Balaban J connectivity index is 0.00000461. The second-order valence-electron chi connectivity index (χ2n) is 10.9. The Morgan fingerprint density at radius 2 is 1.60 bits per heavy atom. The minimum atomic E-state index is 0. The Kier molecular flexibility index (Phi) is 12.3. The summed E-state index contributed by atoms with van der Waals surface area (Å²) in [5.41, 5.74) is 5.41. The maximum absolute atomic E-state index is 13.4. The van der Waals surface area contributed by atoms with Gasteiger partial charge in [0.2, 0.25) is 11.8 Å². The van der Waals surface area contributed by atoms with Crippen LogP contribution in [-0.2, 0) is 17.9 Å². The van der Waals surface area contributed by atoms with Crippen molar-refractivity contribution in [1.82, 2.24) is 14.8 Å². The summed E-state index contributed by atoms with van der Waals surface area (Å²) >= 11 is 18.9. The van der Waals surface area contributed by atoms with E-state index in [0.717, 1.165) is 46.9 Å². The Bertz CT molecular complexity index is 1630. The van der Waals surface area contributed by atoms with E-state index in [-0.39, 0.29) is 22.9 Å². The number of nitrogens with zero attached hydrogens (tertiary/aromatic N) is 3. The number of amides is 1. The number of carbonyl (C=O) groups excluding carboxylic acids is 1. The second kappa shape index (κ2) is 16.0. The number of aryl methyl sites for hydroxylation is 1. The molecule has 1 amide bonds. The Morgan fingerprint density at radius 3 is 2.24 bits per heavy atom. The van der Waals surface area contributed by atoms with Crippen molar-refractivity contribution in [3.05, 3.63) is 122 Å². The molecule has 6 nitrogen and oxygen atoms in total. The van der Waals surface area contributed by atoms with E-state index in [4.69, 9.17) is 44.3 Å². The van der Waals surface area contributed by atoms with Crippen LogP contribution in [0.5, 0.6) is 17.4 Å². The van der Waals surface area contributed by atoms with Crippen molar-refractivity contribution in [2.24, 2.45) is 0 Å². The molecule has 0 N–H and O–H groups in total. The third-order valence-electron chi connectivity index (χ3n) is 7.79. The predicted molar refractivity (Wildman–Crippen MR) is 188 cm³/mol. The minimum absolute atomic E-state index is 0. The summed E-state index contributed by atoms with van der Waals surface area (Å²) in [7, 11) is 0. The normalized spacial score (nSPS) is 14.0. The van der Waals surface area contributed by atoms with E-state index in [0.29, 0.717) is 52.7 Å². The number of aromatic nitrogens is 1. The number of benzene rings is 3. The molecule has 10 heteroatoms. The third kappa shape index (κ3) is 9.02. The fourth-order valence-electron chi connectivity index (χ4n) is 5.04. The van der Waals surface area contributed by atoms with E-state index in [9.17, 15) is 4.79 Å². The summed E-state index contributed by atoms with van der Waals surface area (Å²) in [6, 6.07) is 22.8. The van der Waals surface area contributed by atoms with E-state index < -0.39 is 0 Å².